The van der Waals surface area contributed by atoms with Crippen LogP contribution in [0.5, 0.6) is 0 Å². The summed E-state index contributed by atoms with van der Waals surface area (Å²) in [6, 6.07) is 0.567. The standard InChI is InChI=1S/C14H5Cl5F3NO2/c1-25-13(24)5-2-4(14(20,21)22)3-23-12(5)6-7(15)9(17)11(19)10(18)8(6)16/h2-3H,1H3. The number of hydrogen-bond acceptors (Lipinski definition) is 3. The Morgan fingerprint density at radius 2 is 1.48 bits per heavy atom. The Hall–Kier alpha value is -0.920. The number of carbonyl (C=O) groups excluding carboxylic acids is 1. The molecule has 2 aromatic rings. The van der Waals surface area contributed by atoms with Gasteiger partial charge in [0, 0.05) is 11.8 Å². The van der Waals surface area contributed by atoms with Crippen LogP contribution in [-0.2, 0) is 10.9 Å². The molecular formula is C14H5Cl5F3NO2. The second-order valence-electron chi connectivity index (χ2n) is 4.55. The van der Waals surface area contributed by atoms with Gasteiger partial charge in [-0.1, -0.05) is 58.0 Å². The Kier molecular flexibility index (Phi) is 6.01. The molecule has 1 heterocycles. The number of rotatable bonds is 2. The lowest BCUT2D eigenvalue weighted by atomic mass is 10.0. The molecular weight excluding hydrogens is 448 g/mol. The number of aromatic nitrogens is 1. The van der Waals surface area contributed by atoms with Gasteiger partial charge in [-0.15, -0.1) is 0 Å². The van der Waals surface area contributed by atoms with Crippen molar-refractivity contribution in [2.24, 2.45) is 0 Å². The molecule has 0 saturated heterocycles. The molecule has 0 radical (unpaired) electrons. The van der Waals surface area contributed by atoms with Crippen LogP contribution < -0.4 is 0 Å². The predicted molar refractivity (Wildman–Crippen MR) is 91.1 cm³/mol. The van der Waals surface area contributed by atoms with E-state index < -0.39 is 23.3 Å². The Labute approximate surface area is 164 Å². The van der Waals surface area contributed by atoms with E-state index in [2.05, 4.69) is 9.72 Å². The fourth-order valence-electron chi connectivity index (χ4n) is 1.90. The lowest BCUT2D eigenvalue weighted by Gasteiger charge is -2.16. The van der Waals surface area contributed by atoms with Crippen molar-refractivity contribution in [3.8, 4) is 11.3 Å². The van der Waals surface area contributed by atoms with E-state index in [1.54, 1.807) is 0 Å². The Morgan fingerprint density at radius 1 is 1.00 bits per heavy atom. The van der Waals surface area contributed by atoms with Gasteiger partial charge < -0.3 is 4.74 Å². The fraction of sp³-hybridized carbons (Fsp3) is 0.143. The van der Waals surface area contributed by atoms with Gasteiger partial charge in [-0.05, 0) is 6.07 Å². The molecule has 3 nitrogen and oxygen atoms in total. The van der Waals surface area contributed by atoms with Gasteiger partial charge in [0.15, 0.2) is 0 Å². The number of methoxy groups -OCH3 is 1. The third-order valence-corrected chi connectivity index (χ3v) is 5.34. The largest absolute Gasteiger partial charge is 0.465 e. The summed E-state index contributed by atoms with van der Waals surface area (Å²) in [5, 5.41) is -0.971. The summed E-state index contributed by atoms with van der Waals surface area (Å²) >= 11 is 29.9. The van der Waals surface area contributed by atoms with Crippen molar-refractivity contribution in [1.82, 2.24) is 4.98 Å². The van der Waals surface area contributed by atoms with Crippen molar-refractivity contribution in [3.63, 3.8) is 0 Å². The van der Waals surface area contributed by atoms with Crippen LogP contribution in [0.3, 0.4) is 0 Å². The number of nitrogens with zero attached hydrogens (tertiary/aromatic N) is 1. The van der Waals surface area contributed by atoms with Gasteiger partial charge in [-0.3, -0.25) is 4.98 Å². The quantitative estimate of drug-likeness (QED) is 0.285. The van der Waals surface area contributed by atoms with E-state index in [1.807, 2.05) is 0 Å². The van der Waals surface area contributed by atoms with Gasteiger partial charge >= 0.3 is 12.1 Å². The van der Waals surface area contributed by atoms with Crippen LogP contribution >= 0.6 is 58.0 Å². The van der Waals surface area contributed by atoms with E-state index in [0.717, 1.165) is 7.11 Å². The predicted octanol–water partition coefficient (Wildman–Crippen LogP) is 6.82. The number of alkyl halides is 3. The maximum atomic E-state index is 12.9. The topological polar surface area (TPSA) is 39.2 Å². The van der Waals surface area contributed by atoms with E-state index in [0.29, 0.717) is 12.3 Å². The highest BCUT2D eigenvalue weighted by molar-refractivity contribution is 6.56. The van der Waals surface area contributed by atoms with Crippen LogP contribution in [0, 0.1) is 0 Å². The van der Waals surface area contributed by atoms with Crippen molar-refractivity contribution < 1.29 is 22.7 Å². The van der Waals surface area contributed by atoms with Crippen molar-refractivity contribution in [2.75, 3.05) is 7.11 Å². The number of halogens is 8. The van der Waals surface area contributed by atoms with E-state index in [9.17, 15) is 18.0 Å². The van der Waals surface area contributed by atoms with Crippen molar-refractivity contribution >= 4 is 64.0 Å². The minimum atomic E-state index is -4.73. The van der Waals surface area contributed by atoms with Gasteiger partial charge in [-0.2, -0.15) is 13.2 Å². The van der Waals surface area contributed by atoms with E-state index in [1.165, 1.54) is 0 Å². The average molecular weight is 453 g/mol. The minimum absolute atomic E-state index is 0.142. The molecule has 0 aliphatic carbocycles. The SMILES string of the molecule is COC(=O)c1cc(C(F)(F)F)cnc1-c1c(Cl)c(Cl)c(Cl)c(Cl)c1Cl. The van der Waals surface area contributed by atoms with Crippen LogP contribution in [-0.4, -0.2) is 18.1 Å². The highest BCUT2D eigenvalue weighted by Crippen LogP contribution is 2.48. The minimum Gasteiger partial charge on any atom is -0.465 e. The molecule has 0 N–H and O–H groups in total. The van der Waals surface area contributed by atoms with Gasteiger partial charge in [0.05, 0.1) is 49.0 Å². The zero-order chi connectivity index (χ0) is 19.1. The summed E-state index contributed by atoms with van der Waals surface area (Å²) in [4.78, 5) is 15.6. The monoisotopic (exact) mass is 451 g/mol. The third-order valence-electron chi connectivity index (χ3n) is 3.07. The molecule has 0 aliphatic heterocycles. The van der Waals surface area contributed by atoms with E-state index in [-0.39, 0.29) is 36.4 Å². The van der Waals surface area contributed by atoms with Crippen molar-refractivity contribution in [1.29, 1.82) is 0 Å². The number of esters is 1. The average Bonchev–Trinajstić information content (AvgIpc) is 2.57. The highest BCUT2D eigenvalue weighted by atomic mass is 35.5. The summed E-state index contributed by atoms with van der Waals surface area (Å²) in [5.74, 6) is -1.08. The molecule has 0 bridgehead atoms. The molecule has 0 atom stereocenters. The molecule has 1 aromatic heterocycles. The highest BCUT2D eigenvalue weighted by Gasteiger charge is 2.34. The number of carbonyl (C=O) groups is 1. The smallest absolute Gasteiger partial charge is 0.417 e. The molecule has 134 valence electrons. The van der Waals surface area contributed by atoms with Gasteiger partial charge in [0.2, 0.25) is 0 Å². The molecule has 0 amide bonds. The summed E-state index contributed by atoms with van der Waals surface area (Å²) in [6.45, 7) is 0. The Bertz CT molecular complexity index is 842. The molecule has 2 rings (SSSR count). The maximum Gasteiger partial charge on any atom is 0.417 e. The van der Waals surface area contributed by atoms with Crippen LogP contribution in [0.15, 0.2) is 12.3 Å². The number of benzene rings is 1. The normalized spacial score (nSPS) is 11.6. The molecule has 0 spiro atoms. The first kappa shape index (κ1) is 20.4. The van der Waals surface area contributed by atoms with Crippen LogP contribution in [0.4, 0.5) is 13.2 Å². The number of hydrogen-bond donors (Lipinski definition) is 0. The lowest BCUT2D eigenvalue weighted by molar-refractivity contribution is -0.137. The second-order valence-corrected chi connectivity index (χ2v) is 6.44. The van der Waals surface area contributed by atoms with Crippen LogP contribution in [0.25, 0.3) is 11.3 Å². The second kappa shape index (κ2) is 7.37. The van der Waals surface area contributed by atoms with Gasteiger partial charge in [0.1, 0.15) is 0 Å². The van der Waals surface area contributed by atoms with Crippen molar-refractivity contribution in [2.45, 2.75) is 6.18 Å². The first-order valence-corrected chi connectivity index (χ1v) is 8.07. The molecule has 0 aliphatic rings. The third kappa shape index (κ3) is 3.78. The molecule has 0 fully saturated rings. The van der Waals surface area contributed by atoms with Crippen LogP contribution in [0.1, 0.15) is 15.9 Å². The van der Waals surface area contributed by atoms with Crippen LogP contribution in [0.2, 0.25) is 25.1 Å². The fourth-order valence-corrected chi connectivity index (χ4v) is 3.21. The number of pyridine rings is 1. The molecule has 11 heteroatoms. The number of ether oxygens (including phenoxy) is 1. The summed E-state index contributed by atoms with van der Waals surface area (Å²) < 4.78 is 43.2. The zero-order valence-corrected chi connectivity index (χ0v) is 15.7. The lowest BCUT2D eigenvalue weighted by Crippen LogP contribution is -2.12. The van der Waals surface area contributed by atoms with Crippen molar-refractivity contribution in [3.05, 3.63) is 48.5 Å². The first-order chi connectivity index (χ1) is 11.5. The Morgan fingerprint density at radius 3 is 1.92 bits per heavy atom. The van der Waals surface area contributed by atoms with Gasteiger partial charge in [0.25, 0.3) is 0 Å². The van der Waals surface area contributed by atoms with E-state index in [4.69, 9.17) is 58.0 Å². The summed E-state index contributed by atoms with van der Waals surface area (Å²) in [7, 11) is 0.997. The molecule has 0 saturated carbocycles. The maximum absolute atomic E-state index is 12.9. The molecule has 25 heavy (non-hydrogen) atoms. The summed E-state index contributed by atoms with van der Waals surface area (Å²) in [5.41, 5.74) is -2.10. The zero-order valence-electron chi connectivity index (χ0n) is 11.9. The van der Waals surface area contributed by atoms with E-state index >= 15 is 0 Å². The molecule has 0 unspecified atom stereocenters. The molecule has 1 aromatic carbocycles. The Balaban J connectivity index is 2.87. The summed E-state index contributed by atoms with van der Waals surface area (Å²) in [6.07, 6.45) is -4.21. The first-order valence-electron chi connectivity index (χ1n) is 6.18. The van der Waals surface area contributed by atoms with Gasteiger partial charge in [-0.25, -0.2) is 4.79 Å².